The Balaban J connectivity index is 1.39. The molecule has 2 fully saturated rings. The van der Waals surface area contributed by atoms with Gasteiger partial charge in [0.15, 0.2) is 0 Å². The highest BCUT2D eigenvalue weighted by Gasteiger charge is 2.30. The van der Waals surface area contributed by atoms with Crippen LogP contribution in [0.3, 0.4) is 0 Å². The maximum Gasteiger partial charge on any atom is 0.125 e. The van der Waals surface area contributed by atoms with Crippen molar-refractivity contribution in [2.45, 2.75) is 158 Å². The number of ether oxygens (including phenoxy) is 1. The van der Waals surface area contributed by atoms with E-state index in [0.29, 0.717) is 5.41 Å². The third kappa shape index (κ3) is 8.49. The lowest BCUT2D eigenvalue weighted by Crippen LogP contribution is -2.25. The van der Waals surface area contributed by atoms with Gasteiger partial charge >= 0.3 is 0 Å². The minimum atomic E-state index is 0.418. The fourth-order valence-corrected chi connectivity index (χ4v) is 8.88. The number of rotatable bonds is 15. The van der Waals surface area contributed by atoms with E-state index in [1.54, 1.807) is 0 Å². The molecular formula is C42H66O. The Morgan fingerprint density at radius 1 is 0.698 bits per heavy atom. The molecule has 0 aromatic heterocycles. The quantitative estimate of drug-likeness (QED) is 0.202. The van der Waals surface area contributed by atoms with Gasteiger partial charge in [-0.25, -0.2) is 0 Å². The molecule has 1 heteroatoms. The molecular weight excluding hydrogens is 520 g/mol. The fourth-order valence-electron chi connectivity index (χ4n) is 8.88. The molecule has 2 aliphatic rings. The van der Waals surface area contributed by atoms with Crippen LogP contribution in [-0.4, -0.2) is 6.61 Å². The zero-order valence-electron chi connectivity index (χ0n) is 29.3. The van der Waals surface area contributed by atoms with E-state index in [2.05, 4.69) is 78.8 Å². The van der Waals surface area contributed by atoms with Gasteiger partial charge < -0.3 is 4.74 Å². The largest absolute Gasteiger partial charge is 0.493 e. The standard InChI is InChI=1S/C42H66O/c1-8-34-30-40(38(9-2)39(10-3)41(34)43-29-28-42(11-4,12-5)13-6)37-26-20-33(21-27-37)17-16-32-18-24-36(25-19-32)35-22-14-31(7)15-23-35/h20-21,26-27,30-32,35-36H,8-19,22-25,28-29H2,1-7H3. The molecule has 0 atom stereocenters. The minimum absolute atomic E-state index is 0.418. The summed E-state index contributed by atoms with van der Waals surface area (Å²) in [5.74, 6) is 5.18. The summed E-state index contributed by atoms with van der Waals surface area (Å²) < 4.78 is 6.70. The van der Waals surface area contributed by atoms with Gasteiger partial charge in [0, 0.05) is 0 Å². The van der Waals surface area contributed by atoms with Crippen LogP contribution in [0.4, 0.5) is 0 Å². The topological polar surface area (TPSA) is 9.23 Å². The summed E-state index contributed by atoms with van der Waals surface area (Å²) >= 11 is 0. The molecule has 0 bridgehead atoms. The molecule has 2 aromatic carbocycles. The van der Waals surface area contributed by atoms with Gasteiger partial charge in [-0.2, -0.15) is 0 Å². The first-order chi connectivity index (χ1) is 20.9. The molecule has 0 spiro atoms. The lowest BCUT2D eigenvalue weighted by Gasteiger charge is -2.37. The molecule has 1 nitrogen and oxygen atoms in total. The normalized spacial score (nSPS) is 23.0. The van der Waals surface area contributed by atoms with Crippen LogP contribution in [0.25, 0.3) is 11.1 Å². The lowest BCUT2D eigenvalue weighted by atomic mass is 9.69. The Morgan fingerprint density at radius 2 is 1.28 bits per heavy atom. The number of aryl methyl sites for hydroxylation is 2. The van der Waals surface area contributed by atoms with Crippen molar-refractivity contribution in [2.24, 2.45) is 29.1 Å². The van der Waals surface area contributed by atoms with E-state index in [-0.39, 0.29) is 0 Å². The minimum Gasteiger partial charge on any atom is -0.493 e. The zero-order chi connectivity index (χ0) is 30.8. The summed E-state index contributed by atoms with van der Waals surface area (Å²) in [5, 5.41) is 0. The van der Waals surface area contributed by atoms with Crippen molar-refractivity contribution in [1.82, 2.24) is 0 Å². The molecule has 2 saturated carbocycles. The second-order valence-corrected chi connectivity index (χ2v) is 14.6. The molecule has 4 rings (SSSR count). The van der Waals surface area contributed by atoms with Crippen LogP contribution in [-0.2, 0) is 25.7 Å². The summed E-state index contributed by atoms with van der Waals surface area (Å²) in [7, 11) is 0. The van der Waals surface area contributed by atoms with Gasteiger partial charge in [0.05, 0.1) is 6.61 Å². The maximum atomic E-state index is 6.70. The van der Waals surface area contributed by atoms with Crippen molar-refractivity contribution < 1.29 is 4.74 Å². The number of benzene rings is 2. The Morgan fingerprint density at radius 3 is 1.81 bits per heavy atom. The van der Waals surface area contributed by atoms with Gasteiger partial charge in [0.2, 0.25) is 0 Å². The lowest BCUT2D eigenvalue weighted by molar-refractivity contribution is 0.148. The van der Waals surface area contributed by atoms with Crippen molar-refractivity contribution in [3.8, 4) is 16.9 Å². The predicted octanol–water partition coefficient (Wildman–Crippen LogP) is 12.6. The molecule has 2 aromatic rings. The summed E-state index contributed by atoms with van der Waals surface area (Å²) in [6, 6.07) is 12.1. The van der Waals surface area contributed by atoms with Gasteiger partial charge in [-0.05, 0) is 133 Å². The van der Waals surface area contributed by atoms with E-state index in [4.69, 9.17) is 4.74 Å². The highest BCUT2D eigenvalue weighted by atomic mass is 16.5. The van der Waals surface area contributed by atoms with Gasteiger partial charge in [-0.3, -0.25) is 0 Å². The van der Waals surface area contributed by atoms with Crippen molar-refractivity contribution in [3.05, 3.63) is 52.6 Å². The average Bonchev–Trinajstić information content (AvgIpc) is 3.06. The zero-order valence-corrected chi connectivity index (χ0v) is 29.3. The van der Waals surface area contributed by atoms with Crippen molar-refractivity contribution in [3.63, 3.8) is 0 Å². The van der Waals surface area contributed by atoms with Crippen molar-refractivity contribution in [2.75, 3.05) is 6.61 Å². The van der Waals surface area contributed by atoms with Crippen molar-refractivity contribution in [1.29, 1.82) is 0 Å². The van der Waals surface area contributed by atoms with Gasteiger partial charge in [0.25, 0.3) is 0 Å². The summed E-state index contributed by atoms with van der Waals surface area (Å²) in [6.45, 7) is 17.2. The van der Waals surface area contributed by atoms with Gasteiger partial charge in [0.1, 0.15) is 5.75 Å². The predicted molar refractivity (Wildman–Crippen MR) is 188 cm³/mol. The Bertz CT molecular complexity index is 1080. The van der Waals surface area contributed by atoms with Crippen LogP contribution in [0.1, 0.15) is 154 Å². The molecule has 2 aliphatic carbocycles. The molecule has 0 N–H and O–H groups in total. The van der Waals surface area contributed by atoms with E-state index in [1.165, 1.54) is 123 Å². The van der Waals surface area contributed by atoms with E-state index in [0.717, 1.165) is 56.0 Å². The van der Waals surface area contributed by atoms with Crippen LogP contribution in [0, 0.1) is 29.1 Å². The number of hydrogen-bond acceptors (Lipinski definition) is 1. The average molecular weight is 587 g/mol. The van der Waals surface area contributed by atoms with Crippen molar-refractivity contribution >= 4 is 0 Å². The van der Waals surface area contributed by atoms with Gasteiger partial charge in [-0.1, -0.05) is 118 Å². The van der Waals surface area contributed by atoms with Crippen LogP contribution in [0.5, 0.6) is 5.75 Å². The SMILES string of the molecule is CCc1cc(-c2ccc(CCC3CCC(C4CCC(C)CC4)CC3)cc2)c(CC)c(CC)c1OCCC(CC)(CC)CC. The summed E-state index contributed by atoms with van der Waals surface area (Å²) in [4.78, 5) is 0. The second-order valence-electron chi connectivity index (χ2n) is 14.6. The highest BCUT2D eigenvalue weighted by Crippen LogP contribution is 2.43. The molecule has 0 amide bonds. The third-order valence-corrected chi connectivity index (χ3v) is 12.5. The van der Waals surface area contributed by atoms with E-state index >= 15 is 0 Å². The smallest absolute Gasteiger partial charge is 0.125 e. The third-order valence-electron chi connectivity index (χ3n) is 12.5. The van der Waals surface area contributed by atoms with Gasteiger partial charge in [-0.15, -0.1) is 0 Å². The highest BCUT2D eigenvalue weighted by molar-refractivity contribution is 5.72. The molecule has 0 unspecified atom stereocenters. The van der Waals surface area contributed by atoms with E-state index in [1.807, 2.05) is 0 Å². The fraction of sp³-hybridized carbons (Fsp3) is 0.714. The second kappa shape index (κ2) is 16.5. The molecule has 240 valence electrons. The molecule has 0 radical (unpaired) electrons. The number of hydrogen-bond donors (Lipinski definition) is 0. The first kappa shape index (κ1) is 34.1. The molecule has 0 heterocycles. The Hall–Kier alpha value is -1.76. The van der Waals surface area contributed by atoms with Crippen LogP contribution >= 0.6 is 0 Å². The summed E-state index contributed by atoms with van der Waals surface area (Å²) in [6.07, 6.45) is 22.5. The van der Waals surface area contributed by atoms with Crippen LogP contribution in [0.15, 0.2) is 30.3 Å². The molecule has 0 saturated heterocycles. The van der Waals surface area contributed by atoms with E-state index < -0.39 is 0 Å². The van der Waals surface area contributed by atoms with E-state index in [9.17, 15) is 0 Å². The Labute approximate surface area is 267 Å². The first-order valence-electron chi connectivity index (χ1n) is 18.8. The Kier molecular flexibility index (Phi) is 13.1. The summed E-state index contributed by atoms with van der Waals surface area (Å²) in [5.41, 5.74) is 9.04. The first-order valence-corrected chi connectivity index (χ1v) is 18.8. The monoisotopic (exact) mass is 587 g/mol. The molecule has 43 heavy (non-hydrogen) atoms. The maximum absolute atomic E-state index is 6.70. The molecule has 0 aliphatic heterocycles. The van der Waals surface area contributed by atoms with Crippen LogP contribution < -0.4 is 4.74 Å². The van der Waals surface area contributed by atoms with Crippen LogP contribution in [0.2, 0.25) is 0 Å².